The molecule has 0 atom stereocenters. The summed E-state index contributed by atoms with van der Waals surface area (Å²) in [5.41, 5.74) is 4.06. The van der Waals surface area contributed by atoms with Crippen molar-refractivity contribution in [3.63, 3.8) is 0 Å². The molecule has 1 aromatic heterocycles. The van der Waals surface area contributed by atoms with Crippen molar-refractivity contribution in [3.05, 3.63) is 64.7 Å². The first kappa shape index (κ1) is 22.3. The lowest BCUT2D eigenvalue weighted by Crippen LogP contribution is -2.37. The fourth-order valence-electron chi connectivity index (χ4n) is 3.84. The highest BCUT2D eigenvalue weighted by molar-refractivity contribution is 7.17. The lowest BCUT2D eigenvalue weighted by molar-refractivity contribution is 0.0788. The van der Waals surface area contributed by atoms with E-state index >= 15 is 0 Å². The minimum absolute atomic E-state index is 0.00559. The zero-order valence-corrected chi connectivity index (χ0v) is 19.7. The van der Waals surface area contributed by atoms with E-state index in [9.17, 15) is 4.79 Å². The number of nitrogens with zero attached hydrogens (tertiary/aromatic N) is 3. The summed E-state index contributed by atoms with van der Waals surface area (Å²) in [4.78, 5) is 22.7. The molecule has 0 spiro atoms. The summed E-state index contributed by atoms with van der Waals surface area (Å²) in [6.07, 6.45) is 0. The van der Waals surface area contributed by atoms with Crippen LogP contribution in [0.5, 0.6) is 5.75 Å². The second kappa shape index (κ2) is 10.1. The van der Waals surface area contributed by atoms with Gasteiger partial charge in [-0.15, -0.1) is 11.3 Å². The zero-order chi connectivity index (χ0) is 22.5. The molecule has 0 radical (unpaired) electrons. The number of anilines is 1. The van der Waals surface area contributed by atoms with Gasteiger partial charge in [-0.25, -0.2) is 4.98 Å². The van der Waals surface area contributed by atoms with Gasteiger partial charge in [0.15, 0.2) is 0 Å². The molecule has 1 aliphatic heterocycles. The standard InChI is InChI=1S/C25H29N3O3S/c1-4-31-21-11-9-19(10-12-21)24-26-18(2)23(32-24)25(29)27(3)17-20-7-5-6-8-22(20)28-13-15-30-16-14-28/h5-12H,4,13-17H2,1-3H3. The Balaban J connectivity index is 1.50. The maximum absolute atomic E-state index is 13.3. The maximum Gasteiger partial charge on any atom is 0.265 e. The van der Waals surface area contributed by atoms with Gasteiger partial charge in [0.1, 0.15) is 15.6 Å². The molecule has 0 bridgehead atoms. The minimum atomic E-state index is -0.00559. The van der Waals surface area contributed by atoms with E-state index in [1.165, 1.54) is 17.0 Å². The average molecular weight is 452 g/mol. The largest absolute Gasteiger partial charge is 0.494 e. The number of para-hydroxylation sites is 1. The highest BCUT2D eigenvalue weighted by Gasteiger charge is 2.22. The predicted molar refractivity (Wildman–Crippen MR) is 129 cm³/mol. The van der Waals surface area contributed by atoms with Gasteiger partial charge in [0.2, 0.25) is 0 Å². The summed E-state index contributed by atoms with van der Waals surface area (Å²) < 4.78 is 11.0. The second-order valence-corrected chi connectivity index (χ2v) is 8.78. The van der Waals surface area contributed by atoms with Crippen LogP contribution in [0.2, 0.25) is 0 Å². The number of ether oxygens (including phenoxy) is 2. The van der Waals surface area contributed by atoms with E-state index in [-0.39, 0.29) is 5.91 Å². The van der Waals surface area contributed by atoms with E-state index in [0.717, 1.165) is 53.9 Å². The highest BCUT2D eigenvalue weighted by Crippen LogP contribution is 2.31. The van der Waals surface area contributed by atoms with Gasteiger partial charge >= 0.3 is 0 Å². The molecule has 0 N–H and O–H groups in total. The third-order valence-electron chi connectivity index (χ3n) is 5.50. The molecule has 4 rings (SSSR count). The van der Waals surface area contributed by atoms with Crippen molar-refractivity contribution in [2.24, 2.45) is 0 Å². The van der Waals surface area contributed by atoms with E-state index in [2.05, 4.69) is 22.0 Å². The van der Waals surface area contributed by atoms with Gasteiger partial charge in [0.05, 0.1) is 25.5 Å². The molecule has 2 aromatic carbocycles. The number of hydrogen-bond acceptors (Lipinski definition) is 6. The van der Waals surface area contributed by atoms with Crippen LogP contribution in [0.25, 0.3) is 10.6 Å². The Labute approximate surface area is 193 Å². The molecule has 6 nitrogen and oxygen atoms in total. The number of aryl methyl sites for hydroxylation is 1. The summed E-state index contributed by atoms with van der Waals surface area (Å²) in [7, 11) is 1.86. The molecule has 32 heavy (non-hydrogen) atoms. The van der Waals surface area contributed by atoms with Gasteiger partial charge in [-0.3, -0.25) is 4.79 Å². The van der Waals surface area contributed by atoms with E-state index in [1.54, 1.807) is 4.90 Å². The molecule has 0 unspecified atom stereocenters. The third-order valence-corrected chi connectivity index (χ3v) is 6.70. The summed E-state index contributed by atoms with van der Waals surface area (Å²) >= 11 is 1.44. The van der Waals surface area contributed by atoms with Crippen LogP contribution in [0.3, 0.4) is 0 Å². The molecule has 1 amide bonds. The van der Waals surface area contributed by atoms with Crippen LogP contribution in [-0.2, 0) is 11.3 Å². The van der Waals surface area contributed by atoms with Crippen LogP contribution >= 0.6 is 11.3 Å². The monoisotopic (exact) mass is 451 g/mol. The number of aromatic nitrogens is 1. The Morgan fingerprint density at radius 2 is 1.88 bits per heavy atom. The SMILES string of the molecule is CCOc1ccc(-c2nc(C)c(C(=O)N(C)Cc3ccccc3N3CCOCC3)s2)cc1. The van der Waals surface area contributed by atoms with Gasteiger partial charge < -0.3 is 19.3 Å². The predicted octanol–water partition coefficient (Wildman–Crippen LogP) is 4.63. The minimum Gasteiger partial charge on any atom is -0.494 e. The fraction of sp³-hybridized carbons (Fsp3) is 0.360. The van der Waals surface area contributed by atoms with Crippen molar-refractivity contribution < 1.29 is 14.3 Å². The molecular weight excluding hydrogens is 422 g/mol. The Bertz CT molecular complexity index is 1060. The van der Waals surface area contributed by atoms with Crippen LogP contribution < -0.4 is 9.64 Å². The van der Waals surface area contributed by atoms with Crippen LogP contribution in [0, 0.1) is 6.92 Å². The molecule has 1 fully saturated rings. The number of rotatable bonds is 7. The fourth-order valence-corrected chi connectivity index (χ4v) is 4.90. The van der Waals surface area contributed by atoms with Crippen molar-refractivity contribution >= 4 is 22.9 Å². The first-order valence-corrected chi connectivity index (χ1v) is 11.7. The molecule has 1 saturated heterocycles. The Hall–Kier alpha value is -2.90. The molecule has 3 aromatic rings. The first-order valence-electron chi connectivity index (χ1n) is 10.9. The number of morpholine rings is 1. The van der Waals surface area contributed by atoms with Gasteiger partial charge in [0.25, 0.3) is 5.91 Å². The molecule has 7 heteroatoms. The summed E-state index contributed by atoms with van der Waals surface area (Å²) in [6, 6.07) is 16.1. The van der Waals surface area contributed by atoms with Crippen molar-refractivity contribution in [1.29, 1.82) is 0 Å². The van der Waals surface area contributed by atoms with E-state index < -0.39 is 0 Å². The number of hydrogen-bond donors (Lipinski definition) is 0. The highest BCUT2D eigenvalue weighted by atomic mass is 32.1. The number of carbonyl (C=O) groups excluding carboxylic acids is 1. The average Bonchev–Trinajstić information content (AvgIpc) is 3.21. The zero-order valence-electron chi connectivity index (χ0n) is 18.8. The lowest BCUT2D eigenvalue weighted by atomic mass is 10.1. The van der Waals surface area contributed by atoms with Gasteiger partial charge in [-0.2, -0.15) is 0 Å². The van der Waals surface area contributed by atoms with Gasteiger partial charge in [-0.05, 0) is 49.7 Å². The summed E-state index contributed by atoms with van der Waals surface area (Å²) in [5.74, 6) is 0.827. The number of benzene rings is 2. The molecule has 1 aliphatic rings. The van der Waals surface area contributed by atoms with Crippen molar-refractivity contribution in [2.75, 3.05) is 44.9 Å². The van der Waals surface area contributed by atoms with Crippen LogP contribution in [0.15, 0.2) is 48.5 Å². The van der Waals surface area contributed by atoms with Crippen LogP contribution in [0.4, 0.5) is 5.69 Å². The van der Waals surface area contributed by atoms with Gasteiger partial charge in [-0.1, -0.05) is 18.2 Å². The van der Waals surface area contributed by atoms with Crippen LogP contribution in [0.1, 0.15) is 27.9 Å². The normalized spacial score (nSPS) is 13.8. The van der Waals surface area contributed by atoms with E-state index in [1.807, 2.05) is 57.3 Å². The molecule has 2 heterocycles. The molecule has 0 saturated carbocycles. The Morgan fingerprint density at radius 3 is 2.59 bits per heavy atom. The lowest BCUT2D eigenvalue weighted by Gasteiger charge is -2.31. The smallest absolute Gasteiger partial charge is 0.265 e. The molecule has 168 valence electrons. The Morgan fingerprint density at radius 1 is 1.16 bits per heavy atom. The quantitative estimate of drug-likeness (QED) is 0.524. The number of thiazole rings is 1. The topological polar surface area (TPSA) is 54.9 Å². The van der Waals surface area contributed by atoms with Gasteiger partial charge in [0, 0.05) is 37.9 Å². The third kappa shape index (κ3) is 4.95. The number of carbonyl (C=O) groups is 1. The van der Waals surface area contributed by atoms with E-state index in [4.69, 9.17) is 9.47 Å². The molecule has 0 aliphatic carbocycles. The van der Waals surface area contributed by atoms with Crippen molar-refractivity contribution in [1.82, 2.24) is 9.88 Å². The maximum atomic E-state index is 13.3. The summed E-state index contributed by atoms with van der Waals surface area (Å²) in [6.45, 7) is 8.25. The second-order valence-electron chi connectivity index (χ2n) is 7.78. The van der Waals surface area contributed by atoms with Crippen molar-refractivity contribution in [3.8, 4) is 16.3 Å². The summed E-state index contributed by atoms with van der Waals surface area (Å²) in [5, 5.41) is 0.844. The van der Waals surface area contributed by atoms with E-state index in [0.29, 0.717) is 18.0 Å². The van der Waals surface area contributed by atoms with Crippen LogP contribution in [-0.4, -0.2) is 55.7 Å². The Kier molecular flexibility index (Phi) is 7.07. The number of amides is 1. The molecular formula is C25H29N3O3S. The first-order chi connectivity index (χ1) is 15.6. The van der Waals surface area contributed by atoms with Crippen molar-refractivity contribution in [2.45, 2.75) is 20.4 Å².